The van der Waals surface area contributed by atoms with Crippen molar-refractivity contribution in [1.82, 2.24) is 9.78 Å². The van der Waals surface area contributed by atoms with Gasteiger partial charge in [-0.1, -0.05) is 42.0 Å². The van der Waals surface area contributed by atoms with E-state index in [0.717, 1.165) is 21.8 Å². The summed E-state index contributed by atoms with van der Waals surface area (Å²) in [6.45, 7) is 2.07. The van der Waals surface area contributed by atoms with Gasteiger partial charge >= 0.3 is 0 Å². The fourth-order valence-electron chi connectivity index (χ4n) is 1.59. The van der Waals surface area contributed by atoms with Gasteiger partial charge in [-0.15, -0.1) is 0 Å². The lowest BCUT2D eigenvalue weighted by Gasteiger charge is -2.02. The number of hydrogen-bond acceptors (Lipinski definition) is 4. The first-order valence-corrected chi connectivity index (χ1v) is 7.28. The van der Waals surface area contributed by atoms with Crippen molar-refractivity contribution in [3.63, 3.8) is 0 Å². The highest BCUT2D eigenvalue weighted by atomic mass is 35.5. The molecular weight excluding hydrogens is 282 g/mol. The van der Waals surface area contributed by atoms with Gasteiger partial charge in [0, 0.05) is 17.6 Å². The number of halogens is 1. The minimum Gasteiger partial charge on any atom is -0.394 e. The summed E-state index contributed by atoms with van der Waals surface area (Å²) in [6.07, 6.45) is 0.810. The summed E-state index contributed by atoms with van der Waals surface area (Å²) < 4.78 is 1.74. The van der Waals surface area contributed by atoms with Crippen molar-refractivity contribution in [1.29, 1.82) is 0 Å². The average molecular weight is 298 g/mol. The molecule has 1 heterocycles. The lowest BCUT2D eigenvalue weighted by atomic mass is 10.2. The normalized spacial score (nSPS) is 13.8. The van der Waals surface area contributed by atoms with Crippen LogP contribution >= 0.6 is 22.9 Å². The minimum atomic E-state index is -0.0651. The summed E-state index contributed by atoms with van der Waals surface area (Å²) in [6, 6.07) is 7.50. The molecule has 0 radical (unpaired) electrons. The predicted octanol–water partition coefficient (Wildman–Crippen LogP) is 2.47. The Morgan fingerprint density at radius 2 is 2.11 bits per heavy atom. The van der Waals surface area contributed by atoms with Gasteiger partial charge in [-0.3, -0.25) is 4.99 Å². The number of aryl methyl sites for hydroxylation is 1. The molecule has 1 atom stereocenters. The van der Waals surface area contributed by atoms with E-state index in [1.54, 1.807) is 4.68 Å². The van der Waals surface area contributed by atoms with Gasteiger partial charge in [-0.2, -0.15) is 5.10 Å². The molecule has 6 heteroatoms. The second-order valence-corrected chi connectivity index (χ2v) is 5.59. The predicted molar refractivity (Wildman–Crippen MR) is 78.3 cm³/mol. The average Bonchev–Trinajstić information content (AvgIpc) is 2.78. The van der Waals surface area contributed by atoms with Crippen LogP contribution in [0.1, 0.15) is 13.3 Å². The Bertz CT molecular complexity index is 599. The molecule has 102 valence electrons. The van der Waals surface area contributed by atoms with E-state index in [1.165, 1.54) is 11.3 Å². The van der Waals surface area contributed by atoms with E-state index in [4.69, 9.17) is 11.6 Å². The zero-order valence-electron chi connectivity index (χ0n) is 10.9. The van der Waals surface area contributed by atoms with Crippen LogP contribution < -0.4 is 4.80 Å². The molecule has 2 aromatic rings. The molecule has 0 unspecified atom stereocenters. The molecule has 0 saturated carbocycles. The summed E-state index contributed by atoms with van der Waals surface area (Å²) in [4.78, 5) is 5.31. The van der Waals surface area contributed by atoms with Crippen LogP contribution in [0.5, 0.6) is 0 Å². The topological polar surface area (TPSA) is 50.4 Å². The minimum absolute atomic E-state index is 0.0602. The van der Waals surface area contributed by atoms with Crippen molar-refractivity contribution in [2.75, 3.05) is 6.61 Å². The van der Waals surface area contributed by atoms with Crippen LogP contribution in [0.4, 0.5) is 0 Å². The van der Waals surface area contributed by atoms with Crippen LogP contribution in [0.25, 0.3) is 10.6 Å². The number of rotatable bonds is 4. The second kappa shape index (κ2) is 6.32. The van der Waals surface area contributed by atoms with Gasteiger partial charge in [0.1, 0.15) is 5.01 Å². The molecule has 0 spiro atoms. The molecule has 0 aliphatic rings. The first-order chi connectivity index (χ1) is 9.13. The Balaban J connectivity index is 2.38. The highest BCUT2D eigenvalue weighted by Crippen LogP contribution is 2.21. The van der Waals surface area contributed by atoms with E-state index >= 15 is 0 Å². The fraction of sp³-hybridized carbons (Fsp3) is 0.385. The molecule has 1 aromatic carbocycles. The number of nitrogens with zero attached hydrogens (tertiary/aromatic N) is 3. The zero-order chi connectivity index (χ0) is 13.8. The Kier molecular flexibility index (Phi) is 4.74. The summed E-state index contributed by atoms with van der Waals surface area (Å²) in [5.41, 5.74) is 1.02. The second-order valence-electron chi connectivity index (χ2n) is 4.19. The maximum atomic E-state index is 9.20. The summed E-state index contributed by atoms with van der Waals surface area (Å²) >= 11 is 7.38. The maximum Gasteiger partial charge on any atom is 0.203 e. The molecule has 19 heavy (non-hydrogen) atoms. The molecule has 1 N–H and O–H groups in total. The molecule has 0 amide bonds. The monoisotopic (exact) mass is 297 g/mol. The molecule has 1 aromatic heterocycles. The maximum absolute atomic E-state index is 9.20. The fourth-order valence-corrected chi connectivity index (χ4v) is 2.68. The van der Waals surface area contributed by atoms with Crippen molar-refractivity contribution >= 4 is 22.9 Å². The Hall–Kier alpha value is -1.17. The van der Waals surface area contributed by atoms with Crippen molar-refractivity contribution in [2.45, 2.75) is 19.4 Å². The summed E-state index contributed by atoms with van der Waals surface area (Å²) in [7, 11) is 1.86. The van der Waals surface area contributed by atoms with E-state index < -0.39 is 0 Å². The number of aliphatic hydroxyl groups is 1. The third-order valence-corrected chi connectivity index (χ3v) is 4.09. The third kappa shape index (κ3) is 3.43. The molecule has 0 aliphatic carbocycles. The smallest absolute Gasteiger partial charge is 0.203 e. The molecule has 2 rings (SSSR count). The molecule has 0 bridgehead atoms. The molecule has 4 nitrogen and oxygen atoms in total. The number of benzene rings is 1. The van der Waals surface area contributed by atoms with Gasteiger partial charge < -0.3 is 5.11 Å². The lowest BCUT2D eigenvalue weighted by Crippen LogP contribution is -2.18. The molecule has 0 fully saturated rings. The molecule has 0 saturated heterocycles. The summed E-state index contributed by atoms with van der Waals surface area (Å²) in [5, 5.41) is 15.3. The number of aliphatic hydroxyl groups excluding tert-OH is 1. The largest absolute Gasteiger partial charge is 0.394 e. The van der Waals surface area contributed by atoms with Crippen LogP contribution in [0.2, 0.25) is 5.02 Å². The van der Waals surface area contributed by atoms with Crippen molar-refractivity contribution in [3.05, 3.63) is 34.1 Å². The van der Waals surface area contributed by atoms with Crippen LogP contribution in [-0.4, -0.2) is 27.5 Å². The quantitative estimate of drug-likeness (QED) is 0.942. The van der Waals surface area contributed by atoms with Gasteiger partial charge in [0.15, 0.2) is 0 Å². The van der Waals surface area contributed by atoms with E-state index in [2.05, 4.69) is 10.1 Å². The first-order valence-electron chi connectivity index (χ1n) is 6.08. The van der Waals surface area contributed by atoms with Crippen molar-refractivity contribution in [2.24, 2.45) is 12.0 Å². The van der Waals surface area contributed by atoms with Gasteiger partial charge in [0.25, 0.3) is 0 Å². The standard InChI is InChI=1S/C13H16ClN3OS/c1-3-11(8-18)15-13-17(2)16-12(19-13)9-4-6-10(14)7-5-9/h4-7,11,18H,3,8H2,1-2H3/b15-13+/t11-/m1/s1. The zero-order valence-corrected chi connectivity index (χ0v) is 12.4. The highest BCUT2D eigenvalue weighted by molar-refractivity contribution is 7.12. The van der Waals surface area contributed by atoms with E-state index in [0.29, 0.717) is 5.02 Å². The van der Waals surface area contributed by atoms with Gasteiger partial charge in [0.05, 0.1) is 12.6 Å². The molecule has 0 aliphatic heterocycles. The van der Waals surface area contributed by atoms with Crippen LogP contribution in [0, 0.1) is 0 Å². The third-order valence-electron chi connectivity index (χ3n) is 2.77. The van der Waals surface area contributed by atoms with Gasteiger partial charge in [-0.05, 0) is 18.6 Å². The van der Waals surface area contributed by atoms with Gasteiger partial charge in [0.2, 0.25) is 4.80 Å². The first kappa shape index (κ1) is 14.2. The van der Waals surface area contributed by atoms with Crippen LogP contribution in [0.15, 0.2) is 29.3 Å². The van der Waals surface area contributed by atoms with Crippen LogP contribution in [0.3, 0.4) is 0 Å². The van der Waals surface area contributed by atoms with Crippen molar-refractivity contribution in [3.8, 4) is 10.6 Å². The van der Waals surface area contributed by atoms with E-state index in [9.17, 15) is 5.11 Å². The number of aromatic nitrogens is 2. The van der Waals surface area contributed by atoms with Crippen molar-refractivity contribution < 1.29 is 5.11 Å². The molecular formula is C13H16ClN3OS. The van der Waals surface area contributed by atoms with Crippen LogP contribution in [-0.2, 0) is 7.05 Å². The Morgan fingerprint density at radius 3 is 2.68 bits per heavy atom. The van der Waals surface area contributed by atoms with E-state index in [-0.39, 0.29) is 12.6 Å². The van der Waals surface area contributed by atoms with E-state index in [1.807, 2.05) is 38.2 Å². The van der Waals surface area contributed by atoms with Gasteiger partial charge in [-0.25, -0.2) is 4.68 Å². The lowest BCUT2D eigenvalue weighted by molar-refractivity contribution is 0.261. The summed E-state index contributed by atoms with van der Waals surface area (Å²) in [5.74, 6) is 0. The highest BCUT2D eigenvalue weighted by Gasteiger charge is 2.07. The Labute approximate surface area is 121 Å². The SMILES string of the molecule is CC[C@H](CO)/N=c1/sc(-c2ccc(Cl)cc2)nn1C. The Morgan fingerprint density at radius 1 is 1.42 bits per heavy atom. The number of hydrogen-bond donors (Lipinski definition) is 1.